The normalized spacial score (nSPS) is 11.0. The van der Waals surface area contributed by atoms with Crippen LogP contribution < -0.4 is 14.8 Å². The summed E-state index contributed by atoms with van der Waals surface area (Å²) < 4.78 is 34.1. The molecule has 0 atom stereocenters. The molecule has 0 unspecified atom stereocenters. The van der Waals surface area contributed by atoms with Crippen LogP contribution in [0.4, 0.5) is 11.4 Å². The molecule has 1 aromatic heterocycles. The Morgan fingerprint density at radius 3 is 2.21 bits per heavy atom. The van der Waals surface area contributed by atoms with Gasteiger partial charge in [0.2, 0.25) is 5.88 Å². The van der Waals surface area contributed by atoms with Crippen LogP contribution in [-0.4, -0.2) is 51.3 Å². The van der Waals surface area contributed by atoms with Gasteiger partial charge in [-0.25, -0.2) is 13.4 Å². The third-order valence-electron chi connectivity index (χ3n) is 5.05. The number of hydrogen-bond acceptors (Lipinski definition) is 6. The Hall–Kier alpha value is -3.92. The second kappa shape index (κ2) is 9.92. The molecule has 10 heteroatoms. The highest BCUT2D eigenvalue weighted by Gasteiger charge is 2.24. The highest BCUT2D eigenvalue weighted by molar-refractivity contribution is 7.92. The second-order valence-corrected chi connectivity index (χ2v) is 9.49. The number of aromatic nitrogens is 1. The Morgan fingerprint density at radius 1 is 0.971 bits per heavy atom. The van der Waals surface area contributed by atoms with Crippen molar-refractivity contribution in [1.82, 2.24) is 9.88 Å². The minimum atomic E-state index is -4.09. The Kier molecular flexibility index (Phi) is 7.21. The first-order valence-corrected chi connectivity index (χ1v) is 11.8. The van der Waals surface area contributed by atoms with Crippen LogP contribution in [-0.2, 0) is 10.0 Å². The maximum absolute atomic E-state index is 13.2. The van der Waals surface area contributed by atoms with Crippen molar-refractivity contribution in [3.8, 4) is 5.88 Å². The molecule has 34 heavy (non-hydrogen) atoms. The van der Waals surface area contributed by atoms with Gasteiger partial charge in [-0.15, -0.1) is 0 Å². The summed E-state index contributed by atoms with van der Waals surface area (Å²) in [6.07, 6.45) is 1.30. The Labute approximate surface area is 198 Å². The van der Waals surface area contributed by atoms with Crippen LogP contribution in [0.1, 0.15) is 31.8 Å². The number of nitrogens with zero attached hydrogens (tertiary/aromatic N) is 2. The molecule has 0 bridgehead atoms. The number of carbonyl (C=O) groups excluding carboxylic acids is 2. The summed E-state index contributed by atoms with van der Waals surface area (Å²) in [6.45, 7) is 3.60. The number of aryl methyl sites for hydroxylation is 2. The van der Waals surface area contributed by atoms with E-state index in [1.807, 2.05) is 6.07 Å². The fourth-order valence-electron chi connectivity index (χ4n) is 3.27. The number of methoxy groups -OCH3 is 1. The molecule has 1 heterocycles. The van der Waals surface area contributed by atoms with Crippen LogP contribution in [0.25, 0.3) is 0 Å². The lowest BCUT2D eigenvalue weighted by Gasteiger charge is -2.15. The van der Waals surface area contributed by atoms with E-state index in [1.165, 1.54) is 30.3 Å². The Morgan fingerprint density at radius 2 is 1.59 bits per heavy atom. The molecule has 2 amide bonds. The van der Waals surface area contributed by atoms with Gasteiger partial charge in [0.05, 0.1) is 24.7 Å². The average Bonchev–Trinajstić information content (AvgIpc) is 2.81. The second-order valence-electron chi connectivity index (χ2n) is 7.84. The molecule has 0 spiro atoms. The van der Waals surface area contributed by atoms with Crippen LogP contribution in [0, 0.1) is 13.8 Å². The van der Waals surface area contributed by atoms with Gasteiger partial charge in [0.1, 0.15) is 0 Å². The van der Waals surface area contributed by atoms with E-state index in [9.17, 15) is 18.0 Å². The van der Waals surface area contributed by atoms with Crippen molar-refractivity contribution in [2.45, 2.75) is 18.7 Å². The third kappa shape index (κ3) is 5.34. The fraction of sp³-hybridized carbons (Fsp3) is 0.208. The lowest BCUT2D eigenvalue weighted by molar-refractivity contribution is 0.0827. The molecule has 0 radical (unpaired) electrons. The molecule has 178 valence electrons. The summed E-state index contributed by atoms with van der Waals surface area (Å²) >= 11 is 0. The zero-order valence-electron chi connectivity index (χ0n) is 19.5. The van der Waals surface area contributed by atoms with Crippen molar-refractivity contribution in [3.05, 3.63) is 77.0 Å². The molecule has 2 aromatic carbocycles. The van der Waals surface area contributed by atoms with Gasteiger partial charge in [-0.1, -0.05) is 24.3 Å². The van der Waals surface area contributed by atoms with Crippen molar-refractivity contribution in [2.75, 3.05) is 31.2 Å². The molecule has 0 saturated heterocycles. The molecule has 3 aromatic rings. The average molecular weight is 483 g/mol. The summed E-state index contributed by atoms with van der Waals surface area (Å²) in [4.78, 5) is 30.2. The Bertz CT molecular complexity index is 1330. The van der Waals surface area contributed by atoms with Gasteiger partial charge in [-0.05, 0) is 49.2 Å². The summed E-state index contributed by atoms with van der Waals surface area (Å²) in [6, 6.07) is 12.9. The predicted molar refractivity (Wildman–Crippen MR) is 130 cm³/mol. The third-order valence-corrected chi connectivity index (χ3v) is 6.40. The number of benzene rings is 2. The van der Waals surface area contributed by atoms with Gasteiger partial charge in [0.25, 0.3) is 21.8 Å². The fourth-order valence-corrected chi connectivity index (χ4v) is 4.61. The molecule has 0 saturated carbocycles. The zero-order chi connectivity index (χ0) is 25.0. The number of pyridine rings is 1. The van der Waals surface area contributed by atoms with Crippen molar-refractivity contribution in [1.29, 1.82) is 0 Å². The first-order valence-electron chi connectivity index (χ1n) is 10.3. The monoisotopic (exact) mass is 482 g/mol. The zero-order valence-corrected chi connectivity index (χ0v) is 20.4. The molecule has 9 nitrogen and oxygen atoms in total. The van der Waals surface area contributed by atoms with Crippen molar-refractivity contribution in [2.24, 2.45) is 0 Å². The van der Waals surface area contributed by atoms with Gasteiger partial charge in [0, 0.05) is 25.2 Å². The SMILES string of the molecule is COc1ncc(NC(=O)c2cccc(C(=O)N(C)C)c2)cc1S(=O)(=O)Nc1c(C)cccc1C. The number of ether oxygens (including phenoxy) is 1. The van der Waals surface area contributed by atoms with E-state index in [2.05, 4.69) is 15.0 Å². The molecular formula is C24H26N4O5S. The number of para-hydroxylation sites is 1. The van der Waals surface area contributed by atoms with E-state index >= 15 is 0 Å². The number of nitrogens with one attached hydrogen (secondary N) is 2. The van der Waals surface area contributed by atoms with Gasteiger partial charge in [0.15, 0.2) is 4.90 Å². The number of sulfonamides is 1. The van der Waals surface area contributed by atoms with Crippen LogP contribution >= 0.6 is 0 Å². The summed E-state index contributed by atoms with van der Waals surface area (Å²) in [5, 5.41) is 2.63. The summed E-state index contributed by atoms with van der Waals surface area (Å²) in [7, 11) is 0.456. The lowest BCUT2D eigenvalue weighted by Crippen LogP contribution is -2.22. The maximum Gasteiger partial charge on any atom is 0.267 e. The molecule has 0 fully saturated rings. The van der Waals surface area contributed by atoms with Crippen LogP contribution in [0.2, 0.25) is 0 Å². The molecule has 0 aliphatic heterocycles. The standard InChI is InChI=1S/C24H26N4O5S/c1-15-8-6-9-16(2)21(15)27-34(31,32)20-13-19(14-25-23(20)33-5)26-22(29)17-10-7-11-18(12-17)24(30)28(3)4/h6-14,27H,1-5H3,(H,26,29). The quantitative estimate of drug-likeness (QED) is 0.533. The number of amides is 2. The van der Waals surface area contributed by atoms with Gasteiger partial charge >= 0.3 is 0 Å². The van der Waals surface area contributed by atoms with Crippen molar-refractivity contribution in [3.63, 3.8) is 0 Å². The minimum absolute atomic E-state index is 0.115. The number of anilines is 2. The van der Waals surface area contributed by atoms with E-state index in [4.69, 9.17) is 4.74 Å². The Balaban J connectivity index is 1.92. The van der Waals surface area contributed by atoms with Crippen molar-refractivity contribution >= 4 is 33.2 Å². The topological polar surface area (TPSA) is 118 Å². The molecule has 3 rings (SSSR count). The number of hydrogen-bond donors (Lipinski definition) is 2. The predicted octanol–water partition coefficient (Wildman–Crippen LogP) is 3.46. The van der Waals surface area contributed by atoms with E-state index < -0.39 is 15.9 Å². The summed E-state index contributed by atoms with van der Waals surface area (Å²) in [5.41, 5.74) is 2.71. The lowest BCUT2D eigenvalue weighted by atomic mass is 10.1. The molecule has 0 aliphatic carbocycles. The van der Waals surface area contributed by atoms with Crippen LogP contribution in [0.5, 0.6) is 5.88 Å². The van der Waals surface area contributed by atoms with Gasteiger partial charge < -0.3 is 15.0 Å². The van der Waals surface area contributed by atoms with Gasteiger partial charge in [-0.2, -0.15) is 0 Å². The number of carbonyl (C=O) groups is 2. The van der Waals surface area contributed by atoms with Crippen molar-refractivity contribution < 1.29 is 22.7 Å². The highest BCUT2D eigenvalue weighted by Crippen LogP contribution is 2.29. The van der Waals surface area contributed by atoms with Gasteiger partial charge in [-0.3, -0.25) is 14.3 Å². The molecule has 2 N–H and O–H groups in total. The van der Waals surface area contributed by atoms with E-state index in [0.29, 0.717) is 11.3 Å². The maximum atomic E-state index is 13.2. The first kappa shape index (κ1) is 24.7. The smallest absolute Gasteiger partial charge is 0.267 e. The largest absolute Gasteiger partial charge is 0.480 e. The number of rotatable bonds is 7. The molecule has 0 aliphatic rings. The van der Waals surface area contributed by atoms with E-state index in [1.54, 1.807) is 58.3 Å². The van der Waals surface area contributed by atoms with E-state index in [0.717, 1.165) is 11.1 Å². The van der Waals surface area contributed by atoms with Crippen LogP contribution in [0.15, 0.2) is 59.6 Å². The highest BCUT2D eigenvalue weighted by atomic mass is 32.2. The summed E-state index contributed by atoms with van der Waals surface area (Å²) in [5.74, 6) is -0.881. The minimum Gasteiger partial charge on any atom is -0.480 e. The van der Waals surface area contributed by atoms with E-state index in [-0.39, 0.29) is 27.9 Å². The first-order chi connectivity index (χ1) is 16.0. The van der Waals surface area contributed by atoms with Crippen LogP contribution in [0.3, 0.4) is 0 Å². The molecular weight excluding hydrogens is 456 g/mol.